The molecule has 0 spiro atoms. The molecule has 0 rings (SSSR count). The number of hydrogen-bond donors (Lipinski definition) is 0. The van der Waals surface area contributed by atoms with E-state index in [1.807, 2.05) is 0 Å². The van der Waals surface area contributed by atoms with Crippen LogP contribution in [0.3, 0.4) is 0 Å². The van der Waals surface area contributed by atoms with E-state index in [9.17, 15) is 0 Å². The van der Waals surface area contributed by atoms with Crippen LogP contribution < -0.4 is 48.4 Å². The molecule has 6 heavy (non-hydrogen) atoms. The molecule has 0 saturated heterocycles. The molecule has 0 N–H and O–H groups in total. The summed E-state index contributed by atoms with van der Waals surface area (Å²) in [5.74, 6) is 0. The summed E-state index contributed by atoms with van der Waals surface area (Å²) in [6.45, 7) is 0. The van der Waals surface area contributed by atoms with Gasteiger partial charge in [-0.2, -0.15) is 0 Å². The molecule has 0 bridgehead atoms. The number of rotatable bonds is 0. The second-order valence-corrected chi connectivity index (χ2v) is 0. The van der Waals surface area contributed by atoms with Gasteiger partial charge in [-0.1, -0.05) is 0 Å². The van der Waals surface area contributed by atoms with Crippen LogP contribution in [0.4, 0.5) is 0 Å². The van der Waals surface area contributed by atoms with Crippen LogP contribution in [0.25, 0.3) is 0 Å². The monoisotopic (exact) mass is 155 g/mol. The molecule has 0 amide bonds. The Balaban J connectivity index is 0. The molecule has 6 heteroatoms. The molecule has 0 aliphatic carbocycles. The first-order valence-electron chi connectivity index (χ1n) is 0. The summed E-state index contributed by atoms with van der Waals surface area (Å²) >= 11 is 0. The molecule has 0 fully saturated rings. The van der Waals surface area contributed by atoms with Crippen LogP contribution in [0.15, 0.2) is 0 Å². The zero-order chi connectivity index (χ0) is 0. The summed E-state index contributed by atoms with van der Waals surface area (Å²) in [5, 5.41) is 0. The molecule has 0 heterocycles. The molecule has 0 aliphatic rings. The Hall–Kier alpha value is 1.24. The molecule has 0 atom stereocenters. The third kappa shape index (κ3) is 61.3. The average Bonchev–Trinajstić information content (AvgIpc) is 0. The number of halogens is 4. The van der Waals surface area contributed by atoms with Crippen molar-refractivity contribution in [3.05, 3.63) is 0 Å². The van der Waals surface area contributed by atoms with Gasteiger partial charge in [0.15, 0.2) is 0 Å². The van der Waals surface area contributed by atoms with E-state index in [-0.39, 0.29) is 65.4 Å². The van der Waals surface area contributed by atoms with E-state index in [0.29, 0.717) is 0 Å². The van der Waals surface area contributed by atoms with Crippen LogP contribution in [0.2, 0.25) is 0 Å². The van der Waals surface area contributed by atoms with Crippen LogP contribution >= 0.6 is 0 Å². The fraction of sp³-hybridized carbons (Fsp3) is 0. The van der Waals surface area contributed by atoms with Crippen molar-refractivity contribution >= 4 is 0 Å². The van der Waals surface area contributed by atoms with Gasteiger partial charge in [0.25, 0.3) is 0 Å². The number of hydrogen-bond acceptors (Lipinski definition) is 0. The molecule has 0 unspecified atom stereocenters. The van der Waals surface area contributed by atoms with E-state index >= 15 is 0 Å². The van der Waals surface area contributed by atoms with Gasteiger partial charge < -0.3 is 18.8 Å². The van der Waals surface area contributed by atoms with Crippen molar-refractivity contribution in [1.29, 1.82) is 0 Å². The third-order valence-electron chi connectivity index (χ3n) is 0. The van der Waals surface area contributed by atoms with E-state index in [1.165, 1.54) is 0 Å². The summed E-state index contributed by atoms with van der Waals surface area (Å²) in [6, 6.07) is 0. The van der Waals surface area contributed by atoms with Gasteiger partial charge in [0, 0.05) is 0 Å². The van der Waals surface area contributed by atoms with Crippen molar-refractivity contribution in [3.63, 3.8) is 0 Å². The van der Waals surface area contributed by atoms with E-state index in [0.717, 1.165) is 0 Å². The second kappa shape index (κ2) is 111. The largest absolute Gasteiger partial charge is 3.00 e. The van der Waals surface area contributed by atoms with Gasteiger partial charge in [0.1, 0.15) is 0 Å². The zero-order valence-corrected chi connectivity index (χ0v) is 5.97. The second-order valence-electron chi connectivity index (χ2n) is 0. The molecule has 0 nitrogen and oxygen atoms in total. The fourth-order valence-electron chi connectivity index (χ4n) is 0. The van der Waals surface area contributed by atoms with Gasteiger partial charge in [0.05, 0.1) is 0 Å². The van der Waals surface area contributed by atoms with E-state index in [2.05, 4.69) is 0 Å². The molecule has 37 valence electrons. The van der Waals surface area contributed by atoms with E-state index < -0.39 is 0 Å². The summed E-state index contributed by atoms with van der Waals surface area (Å²) < 4.78 is 0. The maximum atomic E-state index is 0. The topological polar surface area (TPSA) is 0 Å². The summed E-state index contributed by atoms with van der Waals surface area (Å²) in [4.78, 5) is 0. The first kappa shape index (κ1) is 183. The van der Waals surface area contributed by atoms with Gasteiger partial charge in [-0.15, -0.1) is 0 Å². The van der Waals surface area contributed by atoms with Gasteiger partial charge in [-0.25, -0.2) is 0 Å². The predicted molar refractivity (Wildman–Crippen MR) is 0 cm³/mol. The van der Waals surface area contributed by atoms with Crippen LogP contribution in [0, 0.1) is 0 Å². The van der Waals surface area contributed by atoms with Crippen molar-refractivity contribution in [2.75, 3.05) is 0 Å². The van der Waals surface area contributed by atoms with Crippen LogP contribution in [-0.2, 0) is 17.1 Å². The third-order valence-corrected chi connectivity index (χ3v) is 0. The minimum Gasteiger partial charge on any atom is -1.00 e. The molecule has 0 aliphatic heterocycles. The molecular weight excluding hydrogens is 155 g/mol. The SMILES string of the molecule is [F-].[F-].[F-].[F-].[Fe+3].[Na+]. The molecule has 0 saturated carbocycles. The maximum absolute atomic E-state index is 0. The van der Waals surface area contributed by atoms with E-state index in [1.54, 1.807) is 0 Å². The minimum absolute atomic E-state index is 0. The Kier molecular flexibility index (Phi) is 3410. The Morgan fingerprint density at radius 2 is 0.500 bits per heavy atom. The van der Waals surface area contributed by atoms with Gasteiger partial charge >= 0.3 is 46.6 Å². The van der Waals surface area contributed by atoms with Crippen LogP contribution in [-0.4, -0.2) is 0 Å². The Morgan fingerprint density at radius 3 is 0.500 bits per heavy atom. The van der Waals surface area contributed by atoms with Crippen molar-refractivity contribution in [3.8, 4) is 0 Å². The van der Waals surface area contributed by atoms with Gasteiger partial charge in [0.2, 0.25) is 0 Å². The van der Waals surface area contributed by atoms with E-state index in [4.69, 9.17) is 0 Å². The van der Waals surface area contributed by atoms with Crippen molar-refractivity contribution in [2.24, 2.45) is 0 Å². The molecular formula is F4FeNa. The van der Waals surface area contributed by atoms with Crippen LogP contribution in [0.5, 0.6) is 0 Å². The molecule has 0 aromatic carbocycles. The molecule has 0 aromatic heterocycles. The normalized spacial score (nSPS) is 0. The zero-order valence-electron chi connectivity index (χ0n) is 2.87. The summed E-state index contributed by atoms with van der Waals surface area (Å²) in [6.07, 6.45) is 0. The molecule has 0 aromatic rings. The standard InChI is InChI=1S/4FH.Fe.Na/h4*1H;;/q;;;;+3;+1/p-4. The first-order chi connectivity index (χ1) is 0. The molecule has 1 radical (unpaired) electrons. The minimum atomic E-state index is 0. The van der Waals surface area contributed by atoms with Gasteiger partial charge in [-0.05, 0) is 0 Å². The maximum Gasteiger partial charge on any atom is 3.00 e. The predicted octanol–water partition coefficient (Wildman–Crippen LogP) is -15.0. The smallest absolute Gasteiger partial charge is 1.00 e. The average molecular weight is 155 g/mol. The quantitative estimate of drug-likeness (QED) is 0.240. The van der Waals surface area contributed by atoms with Crippen molar-refractivity contribution < 1.29 is 65.4 Å². The van der Waals surface area contributed by atoms with Crippen LogP contribution in [0.1, 0.15) is 0 Å². The first-order valence-corrected chi connectivity index (χ1v) is 0. The van der Waals surface area contributed by atoms with Crippen molar-refractivity contribution in [1.82, 2.24) is 0 Å². The summed E-state index contributed by atoms with van der Waals surface area (Å²) in [7, 11) is 0. The Labute approximate surface area is 65.3 Å². The fourth-order valence-corrected chi connectivity index (χ4v) is 0. The van der Waals surface area contributed by atoms with Crippen molar-refractivity contribution in [2.45, 2.75) is 0 Å². The Morgan fingerprint density at radius 1 is 0.500 bits per heavy atom. The Bertz CT molecular complexity index is 7.51. The van der Waals surface area contributed by atoms with Gasteiger partial charge in [-0.3, -0.25) is 0 Å². The summed E-state index contributed by atoms with van der Waals surface area (Å²) in [5.41, 5.74) is 0.